The molecule has 0 aliphatic rings. The first kappa shape index (κ1) is 10.6. The van der Waals surface area contributed by atoms with Crippen molar-refractivity contribution >= 4 is 16.8 Å². The first-order valence-corrected chi connectivity index (χ1v) is 5.50. The van der Waals surface area contributed by atoms with Crippen molar-refractivity contribution in [1.29, 1.82) is 0 Å². The highest BCUT2D eigenvalue weighted by molar-refractivity contribution is 5.84. The van der Waals surface area contributed by atoms with Gasteiger partial charge in [-0.3, -0.25) is 4.98 Å². The van der Waals surface area contributed by atoms with E-state index in [9.17, 15) is 0 Å². The highest BCUT2D eigenvalue weighted by Crippen LogP contribution is 2.23. The van der Waals surface area contributed by atoms with Gasteiger partial charge in [0.25, 0.3) is 0 Å². The Morgan fingerprint density at radius 1 is 1.22 bits per heavy atom. The van der Waals surface area contributed by atoms with Crippen molar-refractivity contribution in [2.24, 2.45) is 0 Å². The van der Waals surface area contributed by atoms with Crippen LogP contribution in [-0.4, -0.2) is 10.1 Å². The Hall–Kier alpha value is -2.56. The molecule has 0 radical (unpaired) electrons. The van der Waals surface area contributed by atoms with E-state index in [1.54, 1.807) is 12.3 Å². The second kappa shape index (κ2) is 4.37. The minimum Gasteiger partial charge on any atom is -0.485 e. The molecule has 5 nitrogen and oxygen atoms in total. The average molecular weight is 241 g/mol. The van der Waals surface area contributed by atoms with E-state index in [0.29, 0.717) is 12.3 Å². The fraction of sp³-hybridized carbons (Fsp3) is 0.0769. The predicted molar refractivity (Wildman–Crippen MR) is 67.0 cm³/mol. The smallest absolute Gasteiger partial charge is 0.222 e. The number of nitrogens with zero attached hydrogens (tertiary/aromatic N) is 2. The summed E-state index contributed by atoms with van der Waals surface area (Å²) in [5, 5.41) is 4.80. The number of hydrogen-bond acceptors (Lipinski definition) is 5. The number of benzene rings is 1. The minimum atomic E-state index is 0.282. The van der Waals surface area contributed by atoms with Gasteiger partial charge in [-0.1, -0.05) is 23.4 Å². The largest absolute Gasteiger partial charge is 0.485 e. The Labute approximate surface area is 103 Å². The van der Waals surface area contributed by atoms with Crippen LogP contribution < -0.4 is 10.5 Å². The van der Waals surface area contributed by atoms with E-state index >= 15 is 0 Å². The van der Waals surface area contributed by atoms with Gasteiger partial charge >= 0.3 is 0 Å². The summed E-state index contributed by atoms with van der Waals surface area (Å²) in [6.07, 6.45) is 1.74. The van der Waals surface area contributed by atoms with E-state index in [-0.39, 0.29) is 5.88 Å². The third-order valence-corrected chi connectivity index (χ3v) is 2.55. The summed E-state index contributed by atoms with van der Waals surface area (Å²) < 4.78 is 10.5. The van der Waals surface area contributed by atoms with Crippen LogP contribution in [0.25, 0.3) is 10.9 Å². The number of anilines is 1. The van der Waals surface area contributed by atoms with Crippen LogP contribution in [0.1, 0.15) is 5.69 Å². The molecule has 0 unspecified atom stereocenters. The molecule has 0 saturated heterocycles. The van der Waals surface area contributed by atoms with Crippen LogP contribution in [0.15, 0.2) is 47.1 Å². The van der Waals surface area contributed by atoms with Gasteiger partial charge in [0.15, 0.2) is 0 Å². The van der Waals surface area contributed by atoms with Gasteiger partial charge in [-0.05, 0) is 12.1 Å². The Bertz CT molecular complexity index is 673. The zero-order valence-corrected chi connectivity index (χ0v) is 9.54. The average Bonchev–Trinajstić information content (AvgIpc) is 2.82. The van der Waals surface area contributed by atoms with Crippen LogP contribution in [0.4, 0.5) is 5.88 Å². The quantitative estimate of drug-likeness (QED) is 0.762. The number of fused-ring (bicyclic) bond motifs is 1. The highest BCUT2D eigenvalue weighted by atomic mass is 16.5. The summed E-state index contributed by atoms with van der Waals surface area (Å²) >= 11 is 0. The molecule has 0 fully saturated rings. The van der Waals surface area contributed by atoms with Gasteiger partial charge < -0.3 is 15.0 Å². The molecule has 0 amide bonds. The number of ether oxygens (including phenoxy) is 1. The fourth-order valence-electron chi connectivity index (χ4n) is 1.74. The molecule has 0 bridgehead atoms. The number of rotatable bonds is 3. The Balaban J connectivity index is 1.86. The van der Waals surface area contributed by atoms with E-state index in [1.807, 2.05) is 30.3 Å². The number of para-hydroxylation sites is 1. The second-order valence-electron chi connectivity index (χ2n) is 3.84. The van der Waals surface area contributed by atoms with Gasteiger partial charge in [0, 0.05) is 17.6 Å². The van der Waals surface area contributed by atoms with Crippen LogP contribution in [-0.2, 0) is 6.61 Å². The predicted octanol–water partition coefficient (Wildman–Crippen LogP) is 2.38. The van der Waals surface area contributed by atoms with Crippen molar-refractivity contribution in [2.75, 3.05) is 5.73 Å². The van der Waals surface area contributed by atoms with Gasteiger partial charge in [0.05, 0.1) is 0 Å². The van der Waals surface area contributed by atoms with Crippen molar-refractivity contribution in [3.05, 3.63) is 48.3 Å². The lowest BCUT2D eigenvalue weighted by Gasteiger charge is -2.06. The van der Waals surface area contributed by atoms with Gasteiger partial charge in [-0.25, -0.2) is 0 Å². The first-order valence-electron chi connectivity index (χ1n) is 5.50. The maximum Gasteiger partial charge on any atom is 0.222 e. The third kappa shape index (κ3) is 1.98. The summed E-state index contributed by atoms with van der Waals surface area (Å²) in [4.78, 5) is 4.31. The number of aromatic nitrogens is 2. The molecule has 90 valence electrons. The molecule has 0 aliphatic carbocycles. The maximum absolute atomic E-state index is 5.68. The van der Waals surface area contributed by atoms with E-state index in [4.69, 9.17) is 15.0 Å². The summed E-state index contributed by atoms with van der Waals surface area (Å²) in [5.74, 6) is 0.999. The molecule has 18 heavy (non-hydrogen) atoms. The number of nitrogen functional groups attached to an aromatic ring is 1. The molecule has 0 aliphatic heterocycles. The third-order valence-electron chi connectivity index (χ3n) is 2.55. The molecule has 3 rings (SSSR count). The molecular formula is C13H11N3O2. The molecule has 5 heteroatoms. The lowest BCUT2D eigenvalue weighted by atomic mass is 10.2. The molecule has 3 aromatic rings. The van der Waals surface area contributed by atoms with Crippen molar-refractivity contribution in [1.82, 2.24) is 10.1 Å². The zero-order valence-electron chi connectivity index (χ0n) is 9.54. The lowest BCUT2D eigenvalue weighted by Crippen LogP contribution is -1.96. The normalized spacial score (nSPS) is 10.7. The number of nitrogens with two attached hydrogens (primary N) is 1. The Kier molecular flexibility index (Phi) is 2.57. The number of hydrogen-bond donors (Lipinski definition) is 1. The second-order valence-corrected chi connectivity index (χ2v) is 3.84. The highest BCUT2D eigenvalue weighted by Gasteiger charge is 2.05. The summed E-state index contributed by atoms with van der Waals surface area (Å²) in [6.45, 7) is 0.302. The standard InChI is InChI=1S/C13H11N3O2/c14-12-7-10(16-18-12)8-17-11-5-1-3-9-4-2-6-15-13(9)11/h1-7H,8,14H2. The van der Waals surface area contributed by atoms with Crippen molar-refractivity contribution in [3.8, 4) is 5.75 Å². The lowest BCUT2D eigenvalue weighted by molar-refractivity contribution is 0.293. The summed E-state index contributed by atoms with van der Waals surface area (Å²) in [7, 11) is 0. The Morgan fingerprint density at radius 2 is 2.11 bits per heavy atom. The van der Waals surface area contributed by atoms with Gasteiger partial charge in [0.2, 0.25) is 5.88 Å². The van der Waals surface area contributed by atoms with Gasteiger partial charge in [-0.15, -0.1) is 0 Å². The topological polar surface area (TPSA) is 74.2 Å². The van der Waals surface area contributed by atoms with Crippen molar-refractivity contribution in [3.63, 3.8) is 0 Å². The van der Waals surface area contributed by atoms with E-state index in [0.717, 1.165) is 16.7 Å². The van der Waals surface area contributed by atoms with Gasteiger partial charge in [0.1, 0.15) is 23.6 Å². The van der Waals surface area contributed by atoms with Crippen LogP contribution in [0.2, 0.25) is 0 Å². The first-order chi connectivity index (χ1) is 8.83. The van der Waals surface area contributed by atoms with Gasteiger partial charge in [-0.2, -0.15) is 0 Å². The summed E-state index contributed by atoms with van der Waals surface area (Å²) in [6, 6.07) is 11.3. The van der Waals surface area contributed by atoms with Crippen LogP contribution in [0.3, 0.4) is 0 Å². The van der Waals surface area contributed by atoms with Crippen LogP contribution in [0, 0.1) is 0 Å². The molecule has 0 atom stereocenters. The monoisotopic (exact) mass is 241 g/mol. The van der Waals surface area contributed by atoms with Crippen LogP contribution >= 0.6 is 0 Å². The van der Waals surface area contributed by atoms with E-state index in [2.05, 4.69) is 10.1 Å². The van der Waals surface area contributed by atoms with Crippen molar-refractivity contribution < 1.29 is 9.26 Å². The fourth-order valence-corrected chi connectivity index (χ4v) is 1.74. The SMILES string of the molecule is Nc1cc(COc2cccc3cccnc23)no1. The zero-order chi connectivity index (χ0) is 12.4. The minimum absolute atomic E-state index is 0.282. The molecular weight excluding hydrogens is 230 g/mol. The summed E-state index contributed by atoms with van der Waals surface area (Å²) in [5.41, 5.74) is 6.92. The van der Waals surface area contributed by atoms with Crippen molar-refractivity contribution in [2.45, 2.75) is 6.61 Å². The van der Waals surface area contributed by atoms with E-state index < -0.39 is 0 Å². The molecule has 1 aromatic carbocycles. The van der Waals surface area contributed by atoms with E-state index in [1.165, 1.54) is 0 Å². The Morgan fingerprint density at radius 3 is 2.94 bits per heavy atom. The molecule has 2 heterocycles. The maximum atomic E-state index is 5.68. The van der Waals surface area contributed by atoms with Crippen LogP contribution in [0.5, 0.6) is 5.75 Å². The molecule has 2 aromatic heterocycles. The number of pyridine rings is 1. The molecule has 0 spiro atoms. The molecule has 0 saturated carbocycles. The molecule has 2 N–H and O–H groups in total.